The van der Waals surface area contributed by atoms with Crippen LogP contribution in [0.15, 0.2) is 28.5 Å². The summed E-state index contributed by atoms with van der Waals surface area (Å²) < 4.78 is 5.04. The highest BCUT2D eigenvalue weighted by molar-refractivity contribution is 5.82. The summed E-state index contributed by atoms with van der Waals surface area (Å²) in [6, 6.07) is 0. The Labute approximate surface area is 74.2 Å². The fraction of sp³-hybridized carbons (Fsp3) is 0.111. The summed E-state index contributed by atoms with van der Waals surface area (Å²) in [5.74, 6) is -0.228. The number of carbonyl (C=O) groups is 1. The van der Waals surface area contributed by atoms with Gasteiger partial charge in [-0.3, -0.25) is 0 Å². The molecule has 0 saturated carbocycles. The first kappa shape index (κ1) is 7.79. The predicted octanol–water partition coefficient (Wildman–Crippen LogP) is 1.25. The smallest absolute Gasteiger partial charge is 0.328 e. The molecule has 1 aromatic heterocycles. The van der Waals surface area contributed by atoms with Crippen LogP contribution in [0.1, 0.15) is 11.5 Å². The van der Waals surface area contributed by atoms with E-state index in [0.717, 1.165) is 11.3 Å². The van der Waals surface area contributed by atoms with Crippen molar-refractivity contribution in [2.75, 3.05) is 0 Å². The zero-order valence-corrected chi connectivity index (χ0v) is 6.73. The van der Waals surface area contributed by atoms with Crippen LogP contribution in [-0.2, 0) is 11.2 Å². The molecule has 0 unspecified atom stereocenters. The van der Waals surface area contributed by atoms with Gasteiger partial charge in [-0.1, -0.05) is 6.08 Å². The van der Waals surface area contributed by atoms with E-state index in [-0.39, 0.29) is 0 Å². The molecule has 1 aromatic rings. The first-order chi connectivity index (χ1) is 6.25. The normalized spacial score (nSPS) is 17.4. The van der Waals surface area contributed by atoms with Gasteiger partial charge in [0.15, 0.2) is 12.2 Å². The van der Waals surface area contributed by atoms with Crippen LogP contribution in [0.3, 0.4) is 0 Å². The Kier molecular flexibility index (Phi) is 1.73. The fourth-order valence-corrected chi connectivity index (χ4v) is 1.24. The molecule has 4 heteroatoms. The van der Waals surface area contributed by atoms with Gasteiger partial charge in [-0.2, -0.15) is 0 Å². The minimum atomic E-state index is -0.938. The first-order valence-corrected chi connectivity index (χ1v) is 3.79. The van der Waals surface area contributed by atoms with Gasteiger partial charge in [0.25, 0.3) is 0 Å². The number of fused-ring (bicyclic) bond motifs is 1. The van der Waals surface area contributed by atoms with Gasteiger partial charge in [-0.15, -0.1) is 0 Å². The second kappa shape index (κ2) is 2.90. The number of hydrogen-bond donors (Lipinski definition) is 1. The maximum absolute atomic E-state index is 10.4. The molecule has 0 bridgehead atoms. The Balaban J connectivity index is 2.31. The average Bonchev–Trinajstić information content (AvgIpc) is 2.49. The van der Waals surface area contributed by atoms with Crippen molar-refractivity contribution < 1.29 is 14.3 Å². The molecule has 0 spiro atoms. The molecule has 0 aromatic carbocycles. The fourth-order valence-electron chi connectivity index (χ4n) is 1.24. The van der Waals surface area contributed by atoms with E-state index < -0.39 is 5.97 Å². The molecule has 1 aliphatic rings. The van der Waals surface area contributed by atoms with Gasteiger partial charge in [-0.25, -0.2) is 9.78 Å². The van der Waals surface area contributed by atoms with E-state index >= 15 is 0 Å². The van der Waals surface area contributed by atoms with Gasteiger partial charge >= 0.3 is 5.97 Å². The lowest BCUT2D eigenvalue weighted by Crippen LogP contribution is -1.99. The van der Waals surface area contributed by atoms with Crippen molar-refractivity contribution in [3.05, 3.63) is 35.6 Å². The van der Waals surface area contributed by atoms with Crippen LogP contribution in [0.25, 0.3) is 6.08 Å². The molecular weight excluding hydrogens is 170 g/mol. The number of hydrogen-bond acceptors (Lipinski definition) is 3. The number of oxazole rings is 1. The summed E-state index contributed by atoms with van der Waals surface area (Å²) in [7, 11) is 0. The van der Waals surface area contributed by atoms with Crippen LogP contribution < -0.4 is 0 Å². The Morgan fingerprint density at radius 2 is 2.46 bits per heavy atom. The molecule has 0 radical (unpaired) electrons. The highest BCUT2D eigenvalue weighted by Crippen LogP contribution is 2.20. The van der Waals surface area contributed by atoms with Gasteiger partial charge in [0.1, 0.15) is 0 Å². The van der Waals surface area contributed by atoms with Gasteiger partial charge in [0.2, 0.25) is 0 Å². The van der Waals surface area contributed by atoms with Crippen LogP contribution in [0, 0.1) is 0 Å². The topological polar surface area (TPSA) is 63.3 Å². The van der Waals surface area contributed by atoms with Crippen LogP contribution >= 0.6 is 0 Å². The van der Waals surface area contributed by atoms with Crippen molar-refractivity contribution >= 4 is 12.0 Å². The van der Waals surface area contributed by atoms with Crippen molar-refractivity contribution in [3.8, 4) is 0 Å². The SMILES string of the molecule is O=C(O)C=C1C=Cc2ocnc2C1. The summed E-state index contributed by atoms with van der Waals surface area (Å²) in [5, 5.41) is 8.51. The maximum atomic E-state index is 10.4. The highest BCUT2D eigenvalue weighted by atomic mass is 16.4. The zero-order valence-electron chi connectivity index (χ0n) is 6.73. The Hall–Kier alpha value is -1.84. The lowest BCUT2D eigenvalue weighted by Gasteiger charge is -2.04. The molecule has 0 aliphatic heterocycles. The lowest BCUT2D eigenvalue weighted by atomic mass is 10.0. The maximum Gasteiger partial charge on any atom is 0.328 e. The van der Waals surface area contributed by atoms with Gasteiger partial charge < -0.3 is 9.52 Å². The number of rotatable bonds is 1. The minimum Gasteiger partial charge on any atom is -0.478 e. The van der Waals surface area contributed by atoms with Crippen molar-refractivity contribution in [1.29, 1.82) is 0 Å². The summed E-state index contributed by atoms with van der Waals surface area (Å²) in [6.07, 6.45) is 6.50. The van der Waals surface area contributed by atoms with Crippen LogP contribution in [0.2, 0.25) is 0 Å². The number of aliphatic carboxylic acids is 1. The molecular formula is C9H7NO3. The van der Waals surface area contributed by atoms with Crippen LogP contribution in [0.4, 0.5) is 0 Å². The van der Waals surface area contributed by atoms with E-state index in [1.165, 1.54) is 12.5 Å². The largest absolute Gasteiger partial charge is 0.478 e. The predicted molar refractivity (Wildman–Crippen MR) is 45.0 cm³/mol. The van der Waals surface area contributed by atoms with E-state index in [9.17, 15) is 4.79 Å². The van der Waals surface area contributed by atoms with Gasteiger partial charge in [0.05, 0.1) is 5.69 Å². The third-order valence-electron chi connectivity index (χ3n) is 1.80. The molecule has 0 saturated heterocycles. The second-order valence-electron chi connectivity index (χ2n) is 2.73. The molecule has 0 amide bonds. The Bertz CT molecular complexity index is 401. The number of nitrogens with zero attached hydrogens (tertiary/aromatic N) is 1. The average molecular weight is 177 g/mol. The molecule has 2 rings (SSSR count). The standard InChI is InChI=1S/C9H7NO3/c11-9(12)4-6-1-2-8-7(3-6)10-5-13-8/h1-2,4-5H,3H2,(H,11,12). The van der Waals surface area contributed by atoms with Gasteiger partial charge in [0, 0.05) is 12.5 Å². The quantitative estimate of drug-likeness (QED) is 0.656. The zero-order chi connectivity index (χ0) is 9.26. The summed E-state index contributed by atoms with van der Waals surface area (Å²) in [5.41, 5.74) is 1.52. The Morgan fingerprint density at radius 1 is 1.62 bits per heavy atom. The van der Waals surface area contributed by atoms with E-state index in [4.69, 9.17) is 9.52 Å². The van der Waals surface area contributed by atoms with Crippen LogP contribution in [-0.4, -0.2) is 16.1 Å². The Morgan fingerprint density at radius 3 is 3.23 bits per heavy atom. The van der Waals surface area contributed by atoms with Crippen molar-refractivity contribution in [3.63, 3.8) is 0 Å². The molecule has 13 heavy (non-hydrogen) atoms. The van der Waals surface area contributed by atoms with Crippen molar-refractivity contribution in [2.45, 2.75) is 6.42 Å². The van der Waals surface area contributed by atoms with Gasteiger partial charge in [-0.05, 0) is 11.6 Å². The molecule has 66 valence electrons. The number of allylic oxidation sites excluding steroid dienone is 2. The summed E-state index contributed by atoms with van der Waals surface area (Å²) in [6.45, 7) is 0. The van der Waals surface area contributed by atoms with Crippen molar-refractivity contribution in [1.82, 2.24) is 4.98 Å². The molecule has 1 N–H and O–H groups in total. The minimum absolute atomic E-state index is 0.522. The first-order valence-electron chi connectivity index (χ1n) is 3.79. The van der Waals surface area contributed by atoms with E-state index in [1.54, 1.807) is 12.2 Å². The van der Waals surface area contributed by atoms with E-state index in [2.05, 4.69) is 4.98 Å². The molecule has 4 nitrogen and oxygen atoms in total. The molecule has 1 aliphatic carbocycles. The van der Waals surface area contributed by atoms with E-state index in [0.29, 0.717) is 12.2 Å². The summed E-state index contributed by atoms with van der Waals surface area (Å²) in [4.78, 5) is 14.3. The van der Waals surface area contributed by atoms with Crippen LogP contribution in [0.5, 0.6) is 0 Å². The lowest BCUT2D eigenvalue weighted by molar-refractivity contribution is -0.131. The monoisotopic (exact) mass is 177 g/mol. The third-order valence-corrected chi connectivity index (χ3v) is 1.80. The number of aromatic nitrogens is 1. The number of carboxylic acid groups (broad SMARTS) is 1. The third kappa shape index (κ3) is 1.51. The highest BCUT2D eigenvalue weighted by Gasteiger charge is 2.12. The molecule has 0 atom stereocenters. The number of carboxylic acids is 1. The summed E-state index contributed by atoms with van der Waals surface area (Å²) >= 11 is 0. The molecule has 1 heterocycles. The van der Waals surface area contributed by atoms with E-state index in [1.807, 2.05) is 0 Å². The van der Waals surface area contributed by atoms with Crippen molar-refractivity contribution in [2.24, 2.45) is 0 Å². The second-order valence-corrected chi connectivity index (χ2v) is 2.73. The molecule has 0 fully saturated rings.